The van der Waals surface area contributed by atoms with Gasteiger partial charge in [0.15, 0.2) is 11.5 Å². The normalized spacial score (nSPS) is 11.8. The lowest BCUT2D eigenvalue weighted by molar-refractivity contribution is 0.0163. The van der Waals surface area contributed by atoms with Gasteiger partial charge in [0, 0.05) is 19.2 Å². The van der Waals surface area contributed by atoms with Gasteiger partial charge >= 0.3 is 0 Å². The lowest BCUT2D eigenvalue weighted by atomic mass is 10.2. The molecule has 0 saturated carbocycles. The quantitative estimate of drug-likeness (QED) is 0.764. The van der Waals surface area contributed by atoms with Crippen LogP contribution in [0.2, 0.25) is 0 Å². The van der Waals surface area contributed by atoms with Gasteiger partial charge in [-0.1, -0.05) is 0 Å². The summed E-state index contributed by atoms with van der Waals surface area (Å²) in [7, 11) is 6.12. The van der Waals surface area contributed by atoms with Crippen molar-refractivity contribution in [1.82, 2.24) is 0 Å². The molecule has 0 aliphatic carbocycles. The molecule has 1 N–H and O–H groups in total. The van der Waals surface area contributed by atoms with Crippen LogP contribution in [0.25, 0.3) is 0 Å². The van der Waals surface area contributed by atoms with Crippen LogP contribution in [0.1, 0.15) is 0 Å². The molecule has 0 heterocycles. The molecule has 0 radical (unpaired) electrons. The predicted octanol–water partition coefficient (Wildman–Crippen LogP) is 1.10. The molecule has 1 unspecified atom stereocenters. The van der Waals surface area contributed by atoms with E-state index in [2.05, 4.69) is 0 Å². The number of aliphatic hydroxyl groups excluding tert-OH is 1. The predicted molar refractivity (Wildman–Crippen MR) is 69.5 cm³/mol. The number of rotatable bonds is 8. The fourth-order valence-electron chi connectivity index (χ4n) is 1.52. The van der Waals surface area contributed by atoms with Crippen molar-refractivity contribution in [3.05, 3.63) is 12.1 Å². The Balaban J connectivity index is 2.90. The molecule has 0 aromatic heterocycles. The molecule has 1 aromatic carbocycles. The first kappa shape index (κ1) is 15.4. The van der Waals surface area contributed by atoms with Crippen molar-refractivity contribution in [2.24, 2.45) is 0 Å². The zero-order chi connectivity index (χ0) is 14.3. The summed E-state index contributed by atoms with van der Waals surface area (Å²) in [6.07, 6.45) is -0.376. The minimum Gasteiger partial charge on any atom is -0.493 e. The Morgan fingerprint density at radius 3 is 1.95 bits per heavy atom. The van der Waals surface area contributed by atoms with Gasteiger partial charge in [-0.15, -0.1) is 0 Å². The van der Waals surface area contributed by atoms with Crippen LogP contribution in [0, 0.1) is 0 Å². The highest BCUT2D eigenvalue weighted by Gasteiger charge is 2.15. The van der Waals surface area contributed by atoms with Gasteiger partial charge in [-0.25, -0.2) is 0 Å². The number of benzene rings is 1. The molecule has 1 aromatic rings. The van der Waals surface area contributed by atoms with Crippen molar-refractivity contribution >= 4 is 0 Å². The lowest BCUT2D eigenvalue weighted by Gasteiger charge is -2.17. The summed E-state index contributed by atoms with van der Waals surface area (Å²) in [6.45, 7) is 0.118. The first-order valence-corrected chi connectivity index (χ1v) is 5.76. The van der Waals surface area contributed by atoms with Gasteiger partial charge in [-0.2, -0.15) is 0 Å². The highest BCUT2D eigenvalue weighted by atomic mass is 16.5. The second-order valence-corrected chi connectivity index (χ2v) is 3.71. The minimum atomic E-state index is -0.376. The van der Waals surface area contributed by atoms with Gasteiger partial charge < -0.3 is 28.8 Å². The van der Waals surface area contributed by atoms with Gasteiger partial charge in [-0.3, -0.25) is 0 Å². The summed E-state index contributed by atoms with van der Waals surface area (Å²) in [6, 6.07) is 3.37. The fourth-order valence-corrected chi connectivity index (χ4v) is 1.52. The smallest absolute Gasteiger partial charge is 0.203 e. The maximum Gasteiger partial charge on any atom is 0.203 e. The Hall–Kier alpha value is -1.66. The Morgan fingerprint density at radius 1 is 1.00 bits per heavy atom. The average molecular weight is 272 g/mol. The van der Waals surface area contributed by atoms with E-state index in [9.17, 15) is 0 Å². The molecule has 0 amide bonds. The van der Waals surface area contributed by atoms with Gasteiger partial charge in [0.1, 0.15) is 18.5 Å². The molecule has 19 heavy (non-hydrogen) atoms. The molecule has 6 heteroatoms. The van der Waals surface area contributed by atoms with Crippen LogP contribution in [0.4, 0.5) is 0 Å². The summed E-state index contributed by atoms with van der Waals surface area (Å²) >= 11 is 0. The van der Waals surface area contributed by atoms with E-state index in [4.69, 9.17) is 28.8 Å². The third-order valence-electron chi connectivity index (χ3n) is 2.61. The molecule has 0 aliphatic heterocycles. The summed E-state index contributed by atoms with van der Waals surface area (Å²) < 4.78 is 26.2. The number of methoxy groups -OCH3 is 4. The molecule has 108 valence electrons. The average Bonchev–Trinajstić information content (AvgIpc) is 2.46. The Morgan fingerprint density at radius 2 is 1.58 bits per heavy atom. The van der Waals surface area contributed by atoms with E-state index in [0.29, 0.717) is 23.0 Å². The molecular formula is C13H20O6. The van der Waals surface area contributed by atoms with E-state index < -0.39 is 0 Å². The monoisotopic (exact) mass is 272 g/mol. The second-order valence-electron chi connectivity index (χ2n) is 3.71. The van der Waals surface area contributed by atoms with Gasteiger partial charge in [0.05, 0.1) is 27.9 Å². The van der Waals surface area contributed by atoms with Crippen molar-refractivity contribution in [3.63, 3.8) is 0 Å². The first-order chi connectivity index (χ1) is 9.19. The molecule has 0 saturated heterocycles. The van der Waals surface area contributed by atoms with E-state index in [0.717, 1.165) is 0 Å². The zero-order valence-electron chi connectivity index (χ0n) is 11.6. The van der Waals surface area contributed by atoms with E-state index in [1.54, 1.807) is 12.1 Å². The summed E-state index contributed by atoms with van der Waals surface area (Å²) in [5, 5.41) is 9.01. The fraction of sp³-hybridized carbons (Fsp3) is 0.538. The van der Waals surface area contributed by atoms with Crippen LogP contribution in [-0.2, 0) is 4.74 Å². The lowest BCUT2D eigenvalue weighted by Crippen LogP contribution is -2.24. The van der Waals surface area contributed by atoms with Gasteiger partial charge in [-0.05, 0) is 0 Å². The highest BCUT2D eigenvalue weighted by molar-refractivity contribution is 5.55. The van der Waals surface area contributed by atoms with E-state index in [-0.39, 0.29) is 19.3 Å². The van der Waals surface area contributed by atoms with Crippen molar-refractivity contribution in [2.45, 2.75) is 6.10 Å². The highest BCUT2D eigenvalue weighted by Crippen LogP contribution is 2.40. The third kappa shape index (κ3) is 3.90. The van der Waals surface area contributed by atoms with Crippen molar-refractivity contribution < 1.29 is 28.8 Å². The first-order valence-electron chi connectivity index (χ1n) is 5.76. The van der Waals surface area contributed by atoms with E-state index >= 15 is 0 Å². The molecule has 1 atom stereocenters. The molecule has 0 aliphatic rings. The largest absolute Gasteiger partial charge is 0.493 e. The Bertz CT molecular complexity index is 364. The molecule has 0 fully saturated rings. The number of hydrogen-bond acceptors (Lipinski definition) is 6. The molecular weight excluding hydrogens is 252 g/mol. The van der Waals surface area contributed by atoms with Gasteiger partial charge in [0.25, 0.3) is 0 Å². The Labute approximate surface area is 112 Å². The molecule has 0 bridgehead atoms. The van der Waals surface area contributed by atoms with Crippen LogP contribution in [-0.4, -0.2) is 52.9 Å². The summed E-state index contributed by atoms with van der Waals surface area (Å²) in [4.78, 5) is 0. The SMILES string of the molecule is COc1cc(OCC(CO)OC)cc(OC)c1OC. The topological polar surface area (TPSA) is 66.4 Å². The molecule has 1 rings (SSSR count). The summed E-state index contributed by atoms with van der Waals surface area (Å²) in [5.74, 6) is 2.07. The zero-order valence-corrected chi connectivity index (χ0v) is 11.6. The minimum absolute atomic E-state index is 0.110. The van der Waals surface area contributed by atoms with Crippen LogP contribution in [0.5, 0.6) is 23.0 Å². The van der Waals surface area contributed by atoms with Gasteiger partial charge in [0.2, 0.25) is 5.75 Å². The maximum absolute atomic E-state index is 9.01. The van der Waals surface area contributed by atoms with Crippen LogP contribution >= 0.6 is 0 Å². The van der Waals surface area contributed by atoms with Crippen molar-refractivity contribution in [2.75, 3.05) is 41.7 Å². The number of hydrogen-bond donors (Lipinski definition) is 1. The standard InChI is InChI=1S/C13H20O6/c1-15-10(7-14)8-19-9-5-11(16-2)13(18-4)12(6-9)17-3/h5-6,10,14H,7-8H2,1-4H3. The third-order valence-corrected chi connectivity index (χ3v) is 2.61. The van der Waals surface area contributed by atoms with Crippen LogP contribution < -0.4 is 18.9 Å². The molecule has 6 nitrogen and oxygen atoms in total. The number of aliphatic hydroxyl groups is 1. The van der Waals surface area contributed by atoms with Crippen LogP contribution in [0.15, 0.2) is 12.1 Å². The van der Waals surface area contributed by atoms with Crippen molar-refractivity contribution in [1.29, 1.82) is 0 Å². The van der Waals surface area contributed by atoms with E-state index in [1.165, 1.54) is 28.4 Å². The Kier molecular flexibility index (Phi) is 6.24. The van der Waals surface area contributed by atoms with Crippen molar-refractivity contribution in [3.8, 4) is 23.0 Å². The number of ether oxygens (including phenoxy) is 5. The van der Waals surface area contributed by atoms with E-state index in [1.807, 2.05) is 0 Å². The second kappa shape index (κ2) is 7.70. The summed E-state index contributed by atoms with van der Waals surface area (Å²) in [5.41, 5.74) is 0. The molecule has 0 spiro atoms. The maximum atomic E-state index is 9.01. The van der Waals surface area contributed by atoms with Crippen LogP contribution in [0.3, 0.4) is 0 Å².